The molecule has 0 fully saturated rings. The predicted octanol–water partition coefficient (Wildman–Crippen LogP) is 3.36. The lowest BCUT2D eigenvalue weighted by molar-refractivity contribution is -0.151. The zero-order valence-electron chi connectivity index (χ0n) is 12.2. The van der Waals surface area contributed by atoms with Crippen molar-refractivity contribution in [3.05, 3.63) is 34.9 Å². The fourth-order valence-electron chi connectivity index (χ4n) is 1.76. The molecule has 1 rings (SSSR count). The standard InChI is InChI=1S/C15H20ClNO3/c1-10(11-5-7-12(16)8-6-11)17(4)13(18)9-15(2,3)14(19)20/h5-8,10H,9H2,1-4H3,(H,19,20). The van der Waals surface area contributed by atoms with Crippen LogP contribution in [0.15, 0.2) is 24.3 Å². The summed E-state index contributed by atoms with van der Waals surface area (Å²) in [5.74, 6) is -1.17. The van der Waals surface area contributed by atoms with Crippen molar-refractivity contribution in [2.45, 2.75) is 33.2 Å². The summed E-state index contributed by atoms with van der Waals surface area (Å²) in [6.07, 6.45) is -0.0310. The van der Waals surface area contributed by atoms with E-state index in [1.165, 1.54) is 0 Å². The van der Waals surface area contributed by atoms with E-state index in [-0.39, 0.29) is 18.4 Å². The van der Waals surface area contributed by atoms with Gasteiger partial charge < -0.3 is 10.0 Å². The Labute approximate surface area is 124 Å². The highest BCUT2D eigenvalue weighted by Crippen LogP contribution is 2.26. The Kier molecular flexibility index (Phi) is 5.17. The molecular weight excluding hydrogens is 278 g/mol. The van der Waals surface area contributed by atoms with Gasteiger partial charge in [0.15, 0.2) is 0 Å². The Morgan fingerprint density at radius 1 is 1.30 bits per heavy atom. The van der Waals surface area contributed by atoms with E-state index in [1.807, 2.05) is 19.1 Å². The highest BCUT2D eigenvalue weighted by molar-refractivity contribution is 6.30. The molecule has 0 saturated heterocycles. The van der Waals surface area contributed by atoms with Crippen LogP contribution in [0.2, 0.25) is 5.02 Å². The lowest BCUT2D eigenvalue weighted by atomic mass is 9.88. The Morgan fingerprint density at radius 3 is 2.25 bits per heavy atom. The minimum Gasteiger partial charge on any atom is -0.481 e. The van der Waals surface area contributed by atoms with Crippen molar-refractivity contribution in [1.82, 2.24) is 4.90 Å². The van der Waals surface area contributed by atoms with Gasteiger partial charge in [-0.05, 0) is 38.5 Å². The number of carbonyl (C=O) groups is 2. The van der Waals surface area contributed by atoms with E-state index in [9.17, 15) is 9.59 Å². The molecule has 0 aliphatic rings. The summed E-state index contributed by atoms with van der Waals surface area (Å²) in [7, 11) is 1.68. The molecule has 1 aromatic rings. The predicted molar refractivity (Wildman–Crippen MR) is 78.7 cm³/mol. The molecule has 0 aliphatic heterocycles. The molecule has 1 N–H and O–H groups in total. The van der Waals surface area contributed by atoms with Gasteiger partial charge in [-0.25, -0.2) is 0 Å². The van der Waals surface area contributed by atoms with E-state index < -0.39 is 11.4 Å². The van der Waals surface area contributed by atoms with Gasteiger partial charge in [-0.1, -0.05) is 23.7 Å². The van der Waals surface area contributed by atoms with Crippen molar-refractivity contribution in [3.63, 3.8) is 0 Å². The van der Waals surface area contributed by atoms with Gasteiger partial charge >= 0.3 is 5.97 Å². The van der Waals surface area contributed by atoms with Crippen LogP contribution in [0.4, 0.5) is 0 Å². The molecule has 5 heteroatoms. The quantitative estimate of drug-likeness (QED) is 0.906. The van der Waals surface area contributed by atoms with Crippen molar-refractivity contribution in [1.29, 1.82) is 0 Å². The van der Waals surface area contributed by atoms with Gasteiger partial charge in [0.25, 0.3) is 0 Å². The second-order valence-electron chi connectivity index (χ2n) is 5.60. The maximum Gasteiger partial charge on any atom is 0.309 e. The molecule has 0 bridgehead atoms. The highest BCUT2D eigenvalue weighted by atomic mass is 35.5. The first-order valence-electron chi connectivity index (χ1n) is 6.39. The minimum atomic E-state index is -1.06. The minimum absolute atomic E-state index is 0.0310. The van der Waals surface area contributed by atoms with Crippen LogP contribution in [-0.4, -0.2) is 28.9 Å². The Bertz CT molecular complexity index is 496. The SMILES string of the molecule is CC(c1ccc(Cl)cc1)N(C)C(=O)CC(C)(C)C(=O)O. The summed E-state index contributed by atoms with van der Waals surface area (Å²) in [6.45, 7) is 5.00. The number of hydrogen-bond acceptors (Lipinski definition) is 2. The molecule has 1 atom stereocenters. The molecule has 0 aliphatic carbocycles. The summed E-state index contributed by atoms with van der Waals surface area (Å²) < 4.78 is 0. The summed E-state index contributed by atoms with van der Waals surface area (Å²) in [6, 6.07) is 7.13. The van der Waals surface area contributed by atoms with Crippen LogP contribution in [-0.2, 0) is 9.59 Å². The third-order valence-corrected chi connectivity index (χ3v) is 3.75. The Morgan fingerprint density at radius 2 is 1.80 bits per heavy atom. The number of carboxylic acid groups (broad SMARTS) is 1. The van der Waals surface area contributed by atoms with E-state index in [2.05, 4.69) is 0 Å². The van der Waals surface area contributed by atoms with Crippen LogP contribution in [0, 0.1) is 5.41 Å². The second kappa shape index (κ2) is 6.27. The van der Waals surface area contributed by atoms with Gasteiger partial charge in [-0.3, -0.25) is 9.59 Å². The second-order valence-corrected chi connectivity index (χ2v) is 6.03. The first-order valence-corrected chi connectivity index (χ1v) is 6.77. The van der Waals surface area contributed by atoms with Crippen LogP contribution in [0.5, 0.6) is 0 Å². The van der Waals surface area contributed by atoms with Crippen molar-refractivity contribution in [3.8, 4) is 0 Å². The normalized spacial score (nSPS) is 12.8. The number of nitrogens with zero attached hydrogens (tertiary/aromatic N) is 1. The average Bonchev–Trinajstić information content (AvgIpc) is 2.37. The third-order valence-electron chi connectivity index (χ3n) is 3.50. The van der Waals surface area contributed by atoms with Gasteiger partial charge in [0, 0.05) is 18.5 Å². The van der Waals surface area contributed by atoms with E-state index in [0.717, 1.165) is 5.56 Å². The lowest BCUT2D eigenvalue weighted by Crippen LogP contribution is -2.36. The molecule has 0 aromatic heterocycles. The molecule has 0 radical (unpaired) electrons. The van der Waals surface area contributed by atoms with Crippen molar-refractivity contribution < 1.29 is 14.7 Å². The molecular formula is C15H20ClNO3. The maximum atomic E-state index is 12.2. The van der Waals surface area contributed by atoms with Gasteiger partial charge in [0.2, 0.25) is 5.91 Å². The number of carboxylic acids is 1. The van der Waals surface area contributed by atoms with Crippen LogP contribution in [0.3, 0.4) is 0 Å². The Hall–Kier alpha value is -1.55. The molecule has 1 amide bonds. The number of aliphatic carboxylic acids is 1. The Balaban J connectivity index is 2.78. The molecule has 20 heavy (non-hydrogen) atoms. The van der Waals surface area contributed by atoms with E-state index in [4.69, 9.17) is 16.7 Å². The zero-order valence-corrected chi connectivity index (χ0v) is 12.9. The number of rotatable bonds is 5. The lowest BCUT2D eigenvalue weighted by Gasteiger charge is -2.28. The van der Waals surface area contributed by atoms with E-state index in [0.29, 0.717) is 5.02 Å². The van der Waals surface area contributed by atoms with Crippen LogP contribution in [0.1, 0.15) is 38.8 Å². The number of amides is 1. The summed E-state index contributed by atoms with van der Waals surface area (Å²) in [4.78, 5) is 24.8. The van der Waals surface area contributed by atoms with E-state index in [1.54, 1.807) is 37.9 Å². The maximum absolute atomic E-state index is 12.2. The van der Waals surface area contributed by atoms with Gasteiger partial charge in [-0.15, -0.1) is 0 Å². The largest absolute Gasteiger partial charge is 0.481 e. The molecule has 4 nitrogen and oxygen atoms in total. The van der Waals surface area contributed by atoms with Crippen LogP contribution >= 0.6 is 11.6 Å². The smallest absolute Gasteiger partial charge is 0.309 e. The van der Waals surface area contributed by atoms with Gasteiger partial charge in [-0.2, -0.15) is 0 Å². The van der Waals surface area contributed by atoms with Crippen molar-refractivity contribution in [2.75, 3.05) is 7.05 Å². The number of halogens is 1. The molecule has 0 spiro atoms. The zero-order chi connectivity index (χ0) is 15.5. The topological polar surface area (TPSA) is 57.6 Å². The van der Waals surface area contributed by atoms with Gasteiger partial charge in [0.05, 0.1) is 11.5 Å². The fraction of sp³-hybridized carbons (Fsp3) is 0.467. The van der Waals surface area contributed by atoms with Gasteiger partial charge in [0.1, 0.15) is 0 Å². The summed E-state index contributed by atoms with van der Waals surface area (Å²) in [5, 5.41) is 9.71. The number of hydrogen-bond donors (Lipinski definition) is 1. The molecule has 0 saturated carbocycles. The third kappa shape index (κ3) is 3.97. The molecule has 1 unspecified atom stereocenters. The van der Waals surface area contributed by atoms with Crippen LogP contribution < -0.4 is 0 Å². The molecule has 1 aromatic carbocycles. The molecule has 0 heterocycles. The monoisotopic (exact) mass is 297 g/mol. The average molecular weight is 298 g/mol. The van der Waals surface area contributed by atoms with Crippen LogP contribution in [0.25, 0.3) is 0 Å². The number of benzene rings is 1. The highest BCUT2D eigenvalue weighted by Gasteiger charge is 2.32. The fourth-order valence-corrected chi connectivity index (χ4v) is 1.89. The molecule has 110 valence electrons. The summed E-state index contributed by atoms with van der Waals surface area (Å²) >= 11 is 5.83. The first kappa shape index (κ1) is 16.5. The summed E-state index contributed by atoms with van der Waals surface area (Å²) in [5.41, 5.74) is -0.108. The number of carbonyl (C=O) groups excluding carboxylic acids is 1. The first-order chi connectivity index (χ1) is 9.15. The van der Waals surface area contributed by atoms with E-state index >= 15 is 0 Å². The van der Waals surface area contributed by atoms with Crippen molar-refractivity contribution in [2.24, 2.45) is 5.41 Å². The van der Waals surface area contributed by atoms with Crippen molar-refractivity contribution >= 4 is 23.5 Å².